The third kappa shape index (κ3) is 8.09. The SMILES string of the molecule is CC(C)(C)NC(=O)c1cccc(CN2CCN(C(=O)c3ccc(NC(=O)NCc4ccccn4)c(F)c3)CC2)c1. The van der Waals surface area contributed by atoms with Gasteiger partial charge in [0.1, 0.15) is 5.82 Å². The van der Waals surface area contributed by atoms with Crippen molar-refractivity contribution in [1.82, 2.24) is 25.4 Å². The molecule has 4 amide bonds. The number of rotatable bonds is 7. The van der Waals surface area contributed by atoms with Crippen LogP contribution in [0.3, 0.4) is 0 Å². The standard InChI is InChI=1S/C30H35FN6O3/c1-30(2,3)35-27(38)22-8-6-7-21(17-22)20-36-13-15-37(16-14-36)28(39)23-10-11-26(25(31)18-23)34-29(40)33-19-24-9-4-5-12-32-24/h4-12,17-18H,13-16,19-20H2,1-3H3,(H,35,38)(H2,33,34,40). The number of nitrogens with zero attached hydrogens (tertiary/aromatic N) is 3. The Morgan fingerprint density at radius 2 is 1.70 bits per heavy atom. The minimum absolute atomic E-state index is 0.0155. The normalized spacial score (nSPS) is 13.9. The molecular formula is C30H35FN6O3. The molecule has 3 aromatic rings. The molecule has 0 aliphatic carbocycles. The van der Waals surface area contributed by atoms with Crippen LogP contribution in [0.5, 0.6) is 0 Å². The number of anilines is 1. The zero-order valence-electron chi connectivity index (χ0n) is 23.0. The van der Waals surface area contributed by atoms with E-state index < -0.39 is 11.8 Å². The lowest BCUT2D eigenvalue weighted by atomic mass is 10.1. The van der Waals surface area contributed by atoms with E-state index in [0.29, 0.717) is 44.0 Å². The van der Waals surface area contributed by atoms with Gasteiger partial charge in [-0.05, 0) is 68.8 Å². The first-order valence-corrected chi connectivity index (χ1v) is 13.2. The fourth-order valence-corrected chi connectivity index (χ4v) is 4.36. The number of halogens is 1. The number of carbonyl (C=O) groups excluding carboxylic acids is 3. The van der Waals surface area contributed by atoms with Crippen LogP contribution in [-0.4, -0.2) is 64.3 Å². The van der Waals surface area contributed by atoms with E-state index in [1.807, 2.05) is 45.0 Å². The monoisotopic (exact) mass is 546 g/mol. The van der Waals surface area contributed by atoms with Gasteiger partial charge in [-0.2, -0.15) is 0 Å². The van der Waals surface area contributed by atoms with Crippen LogP contribution in [0.15, 0.2) is 66.9 Å². The molecule has 0 spiro atoms. The number of aromatic nitrogens is 1. The van der Waals surface area contributed by atoms with Gasteiger partial charge in [-0.1, -0.05) is 18.2 Å². The maximum Gasteiger partial charge on any atom is 0.319 e. The summed E-state index contributed by atoms with van der Waals surface area (Å²) in [5.74, 6) is -1.05. The molecule has 1 aliphatic heterocycles. The number of benzene rings is 2. The number of hydrogen-bond donors (Lipinski definition) is 3. The molecule has 2 aromatic carbocycles. The Morgan fingerprint density at radius 3 is 2.38 bits per heavy atom. The Bertz CT molecular complexity index is 1350. The van der Waals surface area contributed by atoms with Crippen LogP contribution in [0.1, 0.15) is 52.7 Å². The van der Waals surface area contributed by atoms with Gasteiger partial charge >= 0.3 is 6.03 Å². The van der Waals surface area contributed by atoms with Crippen molar-refractivity contribution >= 4 is 23.5 Å². The summed E-state index contributed by atoms with van der Waals surface area (Å²) in [6, 6.07) is 16.4. The Hall–Kier alpha value is -4.31. The van der Waals surface area contributed by atoms with E-state index in [-0.39, 0.29) is 35.1 Å². The molecule has 0 unspecified atom stereocenters. The van der Waals surface area contributed by atoms with E-state index in [1.165, 1.54) is 12.1 Å². The third-order valence-electron chi connectivity index (χ3n) is 6.36. The average Bonchev–Trinajstić information content (AvgIpc) is 2.93. The van der Waals surface area contributed by atoms with Crippen LogP contribution in [0.2, 0.25) is 0 Å². The summed E-state index contributed by atoms with van der Waals surface area (Å²) in [5.41, 5.74) is 2.21. The fraction of sp³-hybridized carbons (Fsp3) is 0.333. The molecule has 210 valence electrons. The maximum absolute atomic E-state index is 14.7. The van der Waals surface area contributed by atoms with Crippen molar-refractivity contribution in [3.63, 3.8) is 0 Å². The molecule has 10 heteroatoms. The number of urea groups is 1. The van der Waals surface area contributed by atoms with Crippen molar-refractivity contribution in [2.24, 2.45) is 0 Å². The largest absolute Gasteiger partial charge is 0.347 e. The lowest BCUT2D eigenvalue weighted by Crippen LogP contribution is -2.48. The zero-order chi connectivity index (χ0) is 28.7. The average molecular weight is 547 g/mol. The molecule has 0 atom stereocenters. The summed E-state index contributed by atoms with van der Waals surface area (Å²) in [7, 11) is 0. The molecule has 9 nitrogen and oxygen atoms in total. The highest BCUT2D eigenvalue weighted by Crippen LogP contribution is 2.19. The van der Waals surface area contributed by atoms with Crippen LogP contribution in [0, 0.1) is 5.82 Å². The Kier molecular flexibility index (Phi) is 9.11. The topological polar surface area (TPSA) is 107 Å². The van der Waals surface area contributed by atoms with E-state index in [1.54, 1.807) is 29.3 Å². The van der Waals surface area contributed by atoms with Crippen LogP contribution < -0.4 is 16.0 Å². The first-order valence-electron chi connectivity index (χ1n) is 13.2. The van der Waals surface area contributed by atoms with Crippen molar-refractivity contribution < 1.29 is 18.8 Å². The number of hydrogen-bond acceptors (Lipinski definition) is 5. The van der Waals surface area contributed by atoms with Gasteiger partial charge in [0.15, 0.2) is 0 Å². The first-order chi connectivity index (χ1) is 19.1. The number of nitrogens with one attached hydrogen (secondary N) is 3. The van der Waals surface area contributed by atoms with Gasteiger partial charge in [0, 0.05) is 55.6 Å². The summed E-state index contributed by atoms with van der Waals surface area (Å²) < 4.78 is 14.7. The number of carbonyl (C=O) groups is 3. The van der Waals surface area contributed by atoms with E-state index in [9.17, 15) is 18.8 Å². The molecule has 4 rings (SSSR count). The molecular weight excluding hydrogens is 511 g/mol. The predicted molar refractivity (Wildman–Crippen MR) is 151 cm³/mol. The summed E-state index contributed by atoms with van der Waals surface area (Å²) in [5, 5.41) is 8.07. The lowest BCUT2D eigenvalue weighted by Gasteiger charge is -2.35. The minimum atomic E-state index is -0.687. The van der Waals surface area contributed by atoms with Crippen LogP contribution in [-0.2, 0) is 13.1 Å². The predicted octanol–water partition coefficient (Wildman–Crippen LogP) is 4.03. The molecule has 1 aliphatic rings. The molecule has 40 heavy (non-hydrogen) atoms. The molecule has 1 fully saturated rings. The Labute approximate surface area is 233 Å². The second kappa shape index (κ2) is 12.7. The minimum Gasteiger partial charge on any atom is -0.347 e. The number of piperazine rings is 1. The summed E-state index contributed by atoms with van der Waals surface area (Å²) in [4.78, 5) is 45.7. The molecule has 0 saturated carbocycles. The van der Waals surface area contributed by atoms with Crippen LogP contribution in [0.4, 0.5) is 14.9 Å². The van der Waals surface area contributed by atoms with Gasteiger partial charge in [0.2, 0.25) is 0 Å². The highest BCUT2D eigenvalue weighted by atomic mass is 19.1. The van der Waals surface area contributed by atoms with Crippen molar-refractivity contribution in [3.05, 3.63) is 95.1 Å². The molecule has 1 saturated heterocycles. The molecule has 3 N–H and O–H groups in total. The van der Waals surface area contributed by atoms with E-state index >= 15 is 0 Å². The Balaban J connectivity index is 1.27. The molecule has 2 heterocycles. The van der Waals surface area contributed by atoms with Crippen molar-refractivity contribution in [1.29, 1.82) is 0 Å². The zero-order valence-corrected chi connectivity index (χ0v) is 23.0. The van der Waals surface area contributed by atoms with Gasteiger partial charge in [-0.15, -0.1) is 0 Å². The third-order valence-corrected chi connectivity index (χ3v) is 6.36. The second-order valence-electron chi connectivity index (χ2n) is 10.8. The summed E-state index contributed by atoms with van der Waals surface area (Å²) in [6.07, 6.45) is 1.62. The first kappa shape index (κ1) is 28.7. The van der Waals surface area contributed by atoms with E-state index in [0.717, 1.165) is 11.6 Å². The van der Waals surface area contributed by atoms with Gasteiger partial charge in [0.25, 0.3) is 11.8 Å². The quantitative estimate of drug-likeness (QED) is 0.415. The highest BCUT2D eigenvalue weighted by molar-refractivity contribution is 5.96. The van der Waals surface area contributed by atoms with Gasteiger partial charge < -0.3 is 20.9 Å². The molecule has 0 bridgehead atoms. The maximum atomic E-state index is 14.7. The number of pyridine rings is 1. The van der Waals surface area contributed by atoms with E-state index in [2.05, 4.69) is 25.8 Å². The second-order valence-corrected chi connectivity index (χ2v) is 10.8. The van der Waals surface area contributed by atoms with Crippen molar-refractivity contribution in [2.45, 2.75) is 39.4 Å². The highest BCUT2D eigenvalue weighted by Gasteiger charge is 2.23. The lowest BCUT2D eigenvalue weighted by molar-refractivity contribution is 0.0627. The summed E-state index contributed by atoms with van der Waals surface area (Å²) >= 11 is 0. The number of amides is 4. The van der Waals surface area contributed by atoms with Crippen LogP contribution in [0.25, 0.3) is 0 Å². The van der Waals surface area contributed by atoms with Crippen molar-refractivity contribution in [2.75, 3.05) is 31.5 Å². The van der Waals surface area contributed by atoms with Gasteiger partial charge in [-0.25, -0.2) is 9.18 Å². The van der Waals surface area contributed by atoms with Gasteiger partial charge in [-0.3, -0.25) is 19.5 Å². The summed E-state index contributed by atoms with van der Waals surface area (Å²) in [6.45, 7) is 9.01. The van der Waals surface area contributed by atoms with Gasteiger partial charge in [0.05, 0.1) is 17.9 Å². The fourth-order valence-electron chi connectivity index (χ4n) is 4.36. The van der Waals surface area contributed by atoms with Crippen LogP contribution >= 0.6 is 0 Å². The molecule has 1 aromatic heterocycles. The van der Waals surface area contributed by atoms with E-state index in [4.69, 9.17) is 0 Å². The van der Waals surface area contributed by atoms with Crippen molar-refractivity contribution in [3.8, 4) is 0 Å². The molecule has 0 radical (unpaired) electrons. The Morgan fingerprint density at radius 1 is 0.925 bits per heavy atom. The smallest absolute Gasteiger partial charge is 0.319 e.